The van der Waals surface area contributed by atoms with E-state index in [4.69, 9.17) is 4.42 Å². The smallest absolute Gasteiger partial charge is 0.227 e. The Labute approximate surface area is 104 Å². The monoisotopic (exact) mass is 236 g/mol. The molecule has 3 nitrogen and oxygen atoms in total. The molecule has 1 aliphatic rings. The van der Waals surface area contributed by atoms with Crippen LogP contribution in [-0.2, 0) is 6.42 Å². The molecule has 0 spiro atoms. The fraction of sp³-hybridized carbons (Fsp3) is 0.133. The number of aromatic nitrogens is 1. The summed E-state index contributed by atoms with van der Waals surface area (Å²) in [5.41, 5.74) is 5.37. The maximum atomic E-state index is 5.78. The van der Waals surface area contributed by atoms with Crippen LogP contribution in [0.1, 0.15) is 5.56 Å². The molecule has 1 aromatic heterocycles. The van der Waals surface area contributed by atoms with Crippen LogP contribution in [0.25, 0.3) is 22.6 Å². The van der Waals surface area contributed by atoms with Gasteiger partial charge in [0.1, 0.15) is 5.52 Å². The van der Waals surface area contributed by atoms with E-state index in [-0.39, 0.29) is 0 Å². The second kappa shape index (κ2) is 3.60. The van der Waals surface area contributed by atoms with Gasteiger partial charge in [0.15, 0.2) is 5.58 Å². The first-order valence-electron chi connectivity index (χ1n) is 6.13. The van der Waals surface area contributed by atoms with E-state index in [1.165, 1.54) is 11.3 Å². The molecule has 0 saturated carbocycles. The van der Waals surface area contributed by atoms with Gasteiger partial charge in [-0.15, -0.1) is 0 Å². The molecule has 3 heteroatoms. The lowest BCUT2D eigenvalue weighted by Gasteiger charge is -2.00. The van der Waals surface area contributed by atoms with Gasteiger partial charge in [-0.2, -0.15) is 0 Å². The van der Waals surface area contributed by atoms with Crippen LogP contribution in [0.4, 0.5) is 5.69 Å². The van der Waals surface area contributed by atoms with Crippen molar-refractivity contribution < 1.29 is 4.42 Å². The van der Waals surface area contributed by atoms with E-state index < -0.39 is 0 Å². The zero-order valence-corrected chi connectivity index (χ0v) is 9.81. The van der Waals surface area contributed by atoms with E-state index in [0.29, 0.717) is 5.89 Å². The Balaban J connectivity index is 1.86. The maximum Gasteiger partial charge on any atom is 0.227 e. The molecule has 18 heavy (non-hydrogen) atoms. The molecule has 0 bridgehead atoms. The van der Waals surface area contributed by atoms with Crippen LogP contribution in [0.5, 0.6) is 0 Å². The molecule has 1 N–H and O–H groups in total. The zero-order valence-electron chi connectivity index (χ0n) is 9.81. The molecule has 3 aromatic rings. The number of oxazole rings is 1. The zero-order chi connectivity index (χ0) is 11.9. The van der Waals surface area contributed by atoms with Crippen LogP contribution in [0, 0.1) is 0 Å². The average Bonchev–Trinajstić information content (AvgIpc) is 3.04. The summed E-state index contributed by atoms with van der Waals surface area (Å²) in [7, 11) is 0. The second-order valence-electron chi connectivity index (χ2n) is 4.54. The number of nitrogens with zero attached hydrogens (tertiary/aromatic N) is 1. The molecule has 88 valence electrons. The summed E-state index contributed by atoms with van der Waals surface area (Å²) in [4.78, 5) is 4.52. The largest absolute Gasteiger partial charge is 0.436 e. The van der Waals surface area contributed by atoms with Gasteiger partial charge in [-0.25, -0.2) is 4.98 Å². The third-order valence-electron chi connectivity index (χ3n) is 3.36. The Morgan fingerprint density at radius 2 is 2.06 bits per heavy atom. The van der Waals surface area contributed by atoms with E-state index >= 15 is 0 Å². The number of rotatable bonds is 1. The Morgan fingerprint density at radius 1 is 1.11 bits per heavy atom. The first kappa shape index (κ1) is 9.71. The molecule has 0 saturated heterocycles. The van der Waals surface area contributed by atoms with Crippen LogP contribution >= 0.6 is 0 Å². The number of benzene rings is 2. The molecule has 0 aliphatic carbocycles. The van der Waals surface area contributed by atoms with Crippen molar-refractivity contribution in [1.29, 1.82) is 0 Å². The lowest BCUT2D eigenvalue weighted by atomic mass is 10.1. The van der Waals surface area contributed by atoms with Crippen LogP contribution in [-0.4, -0.2) is 11.5 Å². The summed E-state index contributed by atoms with van der Waals surface area (Å²) in [6.07, 6.45) is 1.07. The number of nitrogens with one attached hydrogen (secondary N) is 1. The molecular formula is C15H12N2O. The summed E-state index contributed by atoms with van der Waals surface area (Å²) in [6, 6.07) is 14.2. The highest BCUT2D eigenvalue weighted by molar-refractivity contribution is 5.76. The molecule has 0 fully saturated rings. The van der Waals surface area contributed by atoms with Crippen molar-refractivity contribution in [2.75, 3.05) is 11.9 Å². The average molecular weight is 236 g/mol. The molecule has 0 radical (unpaired) electrons. The number of hydrogen-bond donors (Lipinski definition) is 1. The SMILES string of the molecule is c1ccc2oc(-c3ccc4c(c3)CCN4)nc2c1. The van der Waals surface area contributed by atoms with Gasteiger partial charge < -0.3 is 9.73 Å². The number of fused-ring (bicyclic) bond motifs is 2. The van der Waals surface area contributed by atoms with Gasteiger partial charge in [0, 0.05) is 17.8 Å². The van der Waals surface area contributed by atoms with Crippen molar-refractivity contribution >= 4 is 16.8 Å². The summed E-state index contributed by atoms with van der Waals surface area (Å²) < 4.78 is 5.78. The maximum absolute atomic E-state index is 5.78. The molecule has 0 atom stereocenters. The second-order valence-corrected chi connectivity index (χ2v) is 4.54. The van der Waals surface area contributed by atoms with Crippen molar-refractivity contribution in [3.8, 4) is 11.5 Å². The Hall–Kier alpha value is -2.29. The highest BCUT2D eigenvalue weighted by atomic mass is 16.3. The standard InChI is InChI=1S/C15H12N2O/c1-2-4-14-13(3-1)17-15(18-14)11-5-6-12-10(9-11)7-8-16-12/h1-6,9,16H,7-8H2. The highest BCUT2D eigenvalue weighted by Gasteiger charge is 2.13. The Morgan fingerprint density at radius 3 is 3.00 bits per heavy atom. The Bertz CT molecular complexity index is 697. The summed E-state index contributed by atoms with van der Waals surface area (Å²) in [5, 5.41) is 3.35. The van der Waals surface area contributed by atoms with E-state index in [2.05, 4.69) is 28.5 Å². The van der Waals surface area contributed by atoms with Crippen molar-refractivity contribution in [2.45, 2.75) is 6.42 Å². The first-order valence-corrected chi connectivity index (χ1v) is 6.13. The molecule has 0 unspecified atom stereocenters. The predicted molar refractivity (Wildman–Crippen MR) is 71.6 cm³/mol. The summed E-state index contributed by atoms with van der Waals surface area (Å²) >= 11 is 0. The highest BCUT2D eigenvalue weighted by Crippen LogP contribution is 2.29. The predicted octanol–water partition coefficient (Wildman–Crippen LogP) is 3.46. The van der Waals surface area contributed by atoms with Gasteiger partial charge in [-0.3, -0.25) is 0 Å². The van der Waals surface area contributed by atoms with Crippen molar-refractivity contribution in [1.82, 2.24) is 4.98 Å². The van der Waals surface area contributed by atoms with Crippen LogP contribution in [0.3, 0.4) is 0 Å². The number of hydrogen-bond acceptors (Lipinski definition) is 3. The quantitative estimate of drug-likeness (QED) is 0.703. The minimum Gasteiger partial charge on any atom is -0.436 e. The minimum atomic E-state index is 0.700. The van der Waals surface area contributed by atoms with E-state index in [9.17, 15) is 0 Å². The van der Waals surface area contributed by atoms with E-state index in [1.54, 1.807) is 0 Å². The molecule has 4 rings (SSSR count). The van der Waals surface area contributed by atoms with E-state index in [1.807, 2.05) is 24.3 Å². The van der Waals surface area contributed by atoms with Crippen molar-refractivity contribution in [2.24, 2.45) is 0 Å². The lowest BCUT2D eigenvalue weighted by molar-refractivity contribution is 0.620. The fourth-order valence-corrected chi connectivity index (χ4v) is 2.43. The van der Waals surface area contributed by atoms with E-state index in [0.717, 1.165) is 29.6 Å². The van der Waals surface area contributed by atoms with Crippen LogP contribution < -0.4 is 5.32 Å². The number of para-hydroxylation sites is 2. The molecular weight excluding hydrogens is 224 g/mol. The van der Waals surface area contributed by atoms with Gasteiger partial charge in [-0.05, 0) is 42.3 Å². The number of anilines is 1. The third kappa shape index (κ3) is 1.40. The van der Waals surface area contributed by atoms with Crippen LogP contribution in [0.2, 0.25) is 0 Å². The molecule has 0 amide bonds. The van der Waals surface area contributed by atoms with Crippen molar-refractivity contribution in [3.05, 3.63) is 48.0 Å². The fourth-order valence-electron chi connectivity index (χ4n) is 2.43. The summed E-state index contributed by atoms with van der Waals surface area (Å²) in [6.45, 7) is 1.02. The first-order chi connectivity index (χ1) is 8.90. The minimum absolute atomic E-state index is 0.700. The van der Waals surface area contributed by atoms with Gasteiger partial charge in [0.25, 0.3) is 0 Å². The summed E-state index contributed by atoms with van der Waals surface area (Å²) in [5.74, 6) is 0.700. The van der Waals surface area contributed by atoms with Crippen molar-refractivity contribution in [3.63, 3.8) is 0 Å². The van der Waals surface area contributed by atoms with Gasteiger partial charge in [0.2, 0.25) is 5.89 Å². The normalized spacial score (nSPS) is 13.6. The molecule has 1 aliphatic heterocycles. The molecule has 2 heterocycles. The third-order valence-corrected chi connectivity index (χ3v) is 3.36. The lowest BCUT2D eigenvalue weighted by Crippen LogP contribution is -1.90. The molecule has 2 aromatic carbocycles. The van der Waals surface area contributed by atoms with Gasteiger partial charge in [-0.1, -0.05) is 12.1 Å². The van der Waals surface area contributed by atoms with Gasteiger partial charge >= 0.3 is 0 Å². The topological polar surface area (TPSA) is 38.1 Å². The van der Waals surface area contributed by atoms with Gasteiger partial charge in [0.05, 0.1) is 0 Å². The Kier molecular flexibility index (Phi) is 1.94. The van der Waals surface area contributed by atoms with Crippen LogP contribution in [0.15, 0.2) is 46.9 Å².